The molecule has 0 bridgehead atoms. The van der Waals surface area contributed by atoms with E-state index in [4.69, 9.17) is 10.5 Å². The number of nitrogens with zero attached hydrogens (tertiary/aromatic N) is 1. The number of benzene rings is 1. The minimum Gasteiger partial charge on any atom is -0.443 e. The molecular weight excluding hydrogens is 211 g/mol. The van der Waals surface area contributed by atoms with Gasteiger partial charge in [0.15, 0.2) is 0 Å². The van der Waals surface area contributed by atoms with E-state index in [-0.39, 0.29) is 11.9 Å². The highest BCUT2D eigenvalue weighted by molar-refractivity contribution is 5.89. The number of hydrogen-bond acceptors (Lipinski definition) is 3. The largest absolute Gasteiger partial charge is 0.443 e. The summed E-state index contributed by atoms with van der Waals surface area (Å²) in [5.74, 6) is -0.285. The van der Waals surface area contributed by atoms with E-state index < -0.39 is 6.09 Å². The monoisotopic (exact) mass is 224 g/mol. The number of nitrogens with two attached hydrogens (primary N) is 1. The van der Waals surface area contributed by atoms with Gasteiger partial charge >= 0.3 is 6.09 Å². The number of carbonyl (C=O) groups is 1. The molecule has 1 aliphatic heterocycles. The van der Waals surface area contributed by atoms with Crippen molar-refractivity contribution in [2.24, 2.45) is 5.73 Å². The normalized spacial score (nSPS) is 20.1. The predicted octanol–water partition coefficient (Wildman–Crippen LogP) is 1.42. The van der Waals surface area contributed by atoms with Crippen LogP contribution in [0.1, 0.15) is 5.56 Å². The zero-order chi connectivity index (χ0) is 11.7. The van der Waals surface area contributed by atoms with Crippen molar-refractivity contribution in [1.29, 1.82) is 0 Å². The molecule has 0 aromatic heterocycles. The van der Waals surface area contributed by atoms with Gasteiger partial charge in [0.2, 0.25) is 0 Å². The average Bonchev–Trinajstić information content (AvgIpc) is 2.64. The van der Waals surface area contributed by atoms with E-state index >= 15 is 0 Å². The number of hydrogen-bond donors (Lipinski definition) is 1. The molecule has 1 aromatic carbocycles. The summed E-state index contributed by atoms with van der Waals surface area (Å²) in [6.45, 7) is 2.36. The summed E-state index contributed by atoms with van der Waals surface area (Å²) in [7, 11) is 0. The Balaban J connectivity index is 2.24. The van der Waals surface area contributed by atoms with Gasteiger partial charge in [-0.3, -0.25) is 4.90 Å². The lowest BCUT2D eigenvalue weighted by molar-refractivity contribution is 0.145. The van der Waals surface area contributed by atoms with Gasteiger partial charge in [0.25, 0.3) is 0 Å². The zero-order valence-electron chi connectivity index (χ0n) is 8.94. The predicted molar refractivity (Wildman–Crippen MR) is 57.8 cm³/mol. The van der Waals surface area contributed by atoms with Crippen molar-refractivity contribution in [1.82, 2.24) is 0 Å². The topological polar surface area (TPSA) is 55.6 Å². The lowest BCUT2D eigenvalue weighted by Crippen LogP contribution is -2.27. The van der Waals surface area contributed by atoms with Crippen LogP contribution in [0, 0.1) is 12.7 Å². The lowest BCUT2D eigenvalue weighted by Gasteiger charge is -2.13. The van der Waals surface area contributed by atoms with Crippen molar-refractivity contribution in [2.45, 2.75) is 13.0 Å². The molecule has 0 radical (unpaired) electrons. The second-order valence-corrected chi connectivity index (χ2v) is 3.79. The van der Waals surface area contributed by atoms with Gasteiger partial charge in [0, 0.05) is 12.2 Å². The van der Waals surface area contributed by atoms with Crippen LogP contribution in [-0.2, 0) is 4.74 Å². The Kier molecular flexibility index (Phi) is 2.78. The summed E-state index contributed by atoms with van der Waals surface area (Å²) >= 11 is 0. The second-order valence-electron chi connectivity index (χ2n) is 3.79. The number of ether oxygens (including phenoxy) is 1. The number of halogens is 1. The Morgan fingerprint density at radius 1 is 1.62 bits per heavy atom. The summed E-state index contributed by atoms with van der Waals surface area (Å²) in [6.07, 6.45) is -0.709. The molecule has 1 heterocycles. The van der Waals surface area contributed by atoms with Gasteiger partial charge in [-0.05, 0) is 30.7 Å². The SMILES string of the molecule is Cc1cc(N2CC(CN)OC2=O)ccc1F. The van der Waals surface area contributed by atoms with Gasteiger partial charge in [-0.2, -0.15) is 0 Å². The van der Waals surface area contributed by atoms with Crippen molar-refractivity contribution in [3.05, 3.63) is 29.6 Å². The van der Waals surface area contributed by atoms with E-state index in [2.05, 4.69) is 0 Å². The molecule has 16 heavy (non-hydrogen) atoms. The van der Waals surface area contributed by atoms with Crippen LogP contribution in [0.5, 0.6) is 0 Å². The zero-order valence-corrected chi connectivity index (χ0v) is 8.94. The molecule has 1 aromatic rings. The Hall–Kier alpha value is -1.62. The average molecular weight is 224 g/mol. The third kappa shape index (κ3) is 1.86. The summed E-state index contributed by atoms with van der Waals surface area (Å²) in [4.78, 5) is 13.0. The van der Waals surface area contributed by atoms with Crippen molar-refractivity contribution in [2.75, 3.05) is 18.0 Å². The maximum Gasteiger partial charge on any atom is 0.414 e. The fraction of sp³-hybridized carbons (Fsp3) is 0.364. The Morgan fingerprint density at radius 3 is 2.94 bits per heavy atom. The highest BCUT2D eigenvalue weighted by atomic mass is 19.1. The van der Waals surface area contributed by atoms with Crippen molar-refractivity contribution < 1.29 is 13.9 Å². The summed E-state index contributed by atoms with van der Waals surface area (Å²) in [6, 6.07) is 4.52. The Morgan fingerprint density at radius 2 is 2.38 bits per heavy atom. The Bertz CT molecular complexity index is 422. The van der Waals surface area contributed by atoms with Crippen LogP contribution in [0.3, 0.4) is 0 Å². The molecule has 0 saturated carbocycles. The molecular formula is C11H13FN2O2. The third-order valence-electron chi connectivity index (χ3n) is 2.59. The van der Waals surface area contributed by atoms with Gasteiger partial charge in [0.05, 0.1) is 6.54 Å². The van der Waals surface area contributed by atoms with E-state index in [9.17, 15) is 9.18 Å². The van der Waals surface area contributed by atoms with Gasteiger partial charge < -0.3 is 10.5 Å². The number of anilines is 1. The van der Waals surface area contributed by atoms with Crippen LogP contribution >= 0.6 is 0 Å². The molecule has 0 spiro atoms. The minimum atomic E-state index is -0.429. The smallest absolute Gasteiger partial charge is 0.414 e. The summed E-state index contributed by atoms with van der Waals surface area (Å²) < 4.78 is 18.1. The molecule has 1 saturated heterocycles. The lowest BCUT2D eigenvalue weighted by atomic mass is 10.2. The van der Waals surface area contributed by atoms with Crippen LogP contribution in [0.4, 0.5) is 14.9 Å². The maximum atomic E-state index is 13.1. The number of cyclic esters (lactones) is 1. The van der Waals surface area contributed by atoms with Gasteiger partial charge in [-0.1, -0.05) is 0 Å². The van der Waals surface area contributed by atoms with Crippen LogP contribution < -0.4 is 10.6 Å². The molecule has 0 aliphatic carbocycles. The van der Waals surface area contributed by atoms with Crippen LogP contribution in [0.25, 0.3) is 0 Å². The van der Waals surface area contributed by atoms with E-state index in [1.165, 1.54) is 11.0 Å². The van der Waals surface area contributed by atoms with E-state index in [0.29, 0.717) is 24.3 Å². The van der Waals surface area contributed by atoms with Gasteiger partial charge in [0.1, 0.15) is 11.9 Å². The molecule has 1 amide bonds. The first kappa shape index (κ1) is 10.9. The van der Waals surface area contributed by atoms with Crippen molar-refractivity contribution in [3.63, 3.8) is 0 Å². The van der Waals surface area contributed by atoms with E-state index in [1.807, 2.05) is 0 Å². The molecule has 86 valence electrons. The van der Waals surface area contributed by atoms with Crippen LogP contribution in [0.2, 0.25) is 0 Å². The molecule has 1 atom stereocenters. The molecule has 2 N–H and O–H groups in total. The third-order valence-corrected chi connectivity index (χ3v) is 2.59. The fourth-order valence-corrected chi connectivity index (χ4v) is 1.65. The second kappa shape index (κ2) is 4.09. The summed E-state index contributed by atoms with van der Waals surface area (Å²) in [5, 5.41) is 0. The van der Waals surface area contributed by atoms with Crippen LogP contribution in [0.15, 0.2) is 18.2 Å². The molecule has 1 unspecified atom stereocenters. The molecule has 1 fully saturated rings. The highest BCUT2D eigenvalue weighted by Gasteiger charge is 2.31. The molecule has 1 aliphatic rings. The first-order chi connectivity index (χ1) is 7.61. The number of rotatable bonds is 2. The first-order valence-corrected chi connectivity index (χ1v) is 5.06. The minimum absolute atomic E-state index is 0.280. The van der Waals surface area contributed by atoms with E-state index in [1.54, 1.807) is 19.1 Å². The molecule has 2 rings (SSSR count). The van der Waals surface area contributed by atoms with Crippen LogP contribution in [-0.4, -0.2) is 25.3 Å². The first-order valence-electron chi connectivity index (χ1n) is 5.06. The molecule has 5 heteroatoms. The van der Waals surface area contributed by atoms with Gasteiger partial charge in [-0.15, -0.1) is 0 Å². The number of carbonyl (C=O) groups excluding carboxylic acids is 1. The Labute approximate surface area is 92.8 Å². The quantitative estimate of drug-likeness (QED) is 0.826. The maximum absolute atomic E-state index is 13.1. The molecule has 4 nitrogen and oxygen atoms in total. The van der Waals surface area contributed by atoms with Gasteiger partial charge in [-0.25, -0.2) is 9.18 Å². The number of amides is 1. The fourth-order valence-electron chi connectivity index (χ4n) is 1.65. The summed E-state index contributed by atoms with van der Waals surface area (Å²) in [5.41, 5.74) is 6.57. The highest BCUT2D eigenvalue weighted by Crippen LogP contribution is 2.23. The van der Waals surface area contributed by atoms with E-state index in [0.717, 1.165) is 0 Å². The van der Waals surface area contributed by atoms with Crippen molar-refractivity contribution in [3.8, 4) is 0 Å². The van der Waals surface area contributed by atoms with Crippen molar-refractivity contribution >= 4 is 11.8 Å². The standard InChI is InChI=1S/C11H13FN2O2/c1-7-4-8(2-3-10(7)12)14-6-9(5-13)16-11(14)15/h2-4,9H,5-6,13H2,1H3. The number of aryl methyl sites for hydroxylation is 1.